The molecule has 2 N–H and O–H groups in total. The molecule has 1 atom stereocenters. The van der Waals surface area contributed by atoms with E-state index in [0.29, 0.717) is 0 Å². The van der Waals surface area contributed by atoms with Crippen molar-refractivity contribution in [3.63, 3.8) is 0 Å². The molecular weight excluding hydrogens is 260 g/mol. The quantitative estimate of drug-likeness (QED) is 0.708. The van der Waals surface area contributed by atoms with Gasteiger partial charge in [0.1, 0.15) is 0 Å². The summed E-state index contributed by atoms with van der Waals surface area (Å²) in [4.78, 5) is 3.37. The predicted octanol–water partition coefficient (Wildman–Crippen LogP) is 3.26. The van der Waals surface area contributed by atoms with Crippen molar-refractivity contribution in [2.24, 2.45) is 0 Å². The highest BCUT2D eigenvalue weighted by atomic mass is 16.3. The van der Waals surface area contributed by atoms with E-state index in [1.807, 2.05) is 42.5 Å². The fourth-order valence-electron chi connectivity index (χ4n) is 2.74. The molecule has 0 radical (unpaired) electrons. The molecule has 0 aliphatic rings. The first kappa shape index (κ1) is 13.8. The predicted molar refractivity (Wildman–Crippen MR) is 84.0 cm³/mol. The van der Waals surface area contributed by atoms with Crippen LogP contribution in [0, 0.1) is 6.92 Å². The molecule has 0 amide bonds. The molecule has 3 aromatic rings. The molecule has 0 saturated heterocycles. The zero-order chi connectivity index (χ0) is 14.8. The smallest absolute Gasteiger partial charge is 0.289 e. The second-order valence-corrected chi connectivity index (χ2v) is 5.49. The van der Waals surface area contributed by atoms with Crippen molar-refractivity contribution in [1.29, 1.82) is 0 Å². The topological polar surface area (TPSA) is 39.9 Å². The Morgan fingerprint density at radius 2 is 1.81 bits per heavy atom. The molecule has 0 spiro atoms. The van der Waals surface area contributed by atoms with Gasteiger partial charge in [0.05, 0.1) is 6.54 Å². The molecular formula is C18H21N2O+. The van der Waals surface area contributed by atoms with Gasteiger partial charge in [0.25, 0.3) is 5.82 Å². The van der Waals surface area contributed by atoms with Crippen LogP contribution in [-0.4, -0.2) is 10.1 Å². The van der Waals surface area contributed by atoms with E-state index in [-0.39, 0.29) is 0 Å². The number of imidazole rings is 1. The highest BCUT2D eigenvalue weighted by molar-refractivity contribution is 5.71. The van der Waals surface area contributed by atoms with E-state index < -0.39 is 6.10 Å². The summed E-state index contributed by atoms with van der Waals surface area (Å²) in [5.74, 6) is 0.849. The number of aromatic nitrogens is 2. The summed E-state index contributed by atoms with van der Waals surface area (Å²) >= 11 is 0. The number of H-pyrrole nitrogens is 1. The average molecular weight is 281 g/mol. The zero-order valence-electron chi connectivity index (χ0n) is 12.5. The van der Waals surface area contributed by atoms with Crippen molar-refractivity contribution in [1.82, 2.24) is 4.98 Å². The van der Waals surface area contributed by atoms with E-state index in [9.17, 15) is 5.11 Å². The fourth-order valence-corrected chi connectivity index (χ4v) is 2.74. The second-order valence-electron chi connectivity index (χ2n) is 5.49. The van der Waals surface area contributed by atoms with Crippen LogP contribution in [0.1, 0.15) is 36.4 Å². The van der Waals surface area contributed by atoms with E-state index in [4.69, 9.17) is 0 Å². The first-order valence-electron chi connectivity index (χ1n) is 7.45. The number of nitrogens with one attached hydrogen (secondary N) is 1. The summed E-state index contributed by atoms with van der Waals surface area (Å²) in [6, 6.07) is 16.2. The van der Waals surface area contributed by atoms with Crippen LogP contribution in [0.2, 0.25) is 0 Å². The van der Waals surface area contributed by atoms with Gasteiger partial charge in [0.15, 0.2) is 17.1 Å². The number of hydrogen-bond acceptors (Lipinski definition) is 1. The van der Waals surface area contributed by atoms with Gasteiger partial charge in [-0.15, -0.1) is 0 Å². The second kappa shape index (κ2) is 5.70. The Balaban J connectivity index is 2.10. The first-order valence-corrected chi connectivity index (χ1v) is 7.45. The van der Waals surface area contributed by atoms with Gasteiger partial charge in [-0.25, -0.2) is 9.55 Å². The minimum absolute atomic E-state index is 0.635. The number of aliphatic hydroxyl groups excluding tert-OH is 1. The number of para-hydroxylation sites is 2. The Bertz CT molecular complexity index is 744. The molecule has 0 aliphatic heterocycles. The normalized spacial score (nSPS) is 12.7. The Morgan fingerprint density at radius 1 is 1.10 bits per heavy atom. The lowest BCUT2D eigenvalue weighted by Crippen LogP contribution is -2.38. The Hall–Kier alpha value is -2.13. The van der Waals surface area contributed by atoms with E-state index in [0.717, 1.165) is 35.4 Å². The SMILES string of the molecule is CCC[n+]1c(C(O)c2ccc(C)cc2)[nH]c2ccccc21. The van der Waals surface area contributed by atoms with Crippen LogP contribution in [-0.2, 0) is 6.54 Å². The molecule has 1 heterocycles. The maximum atomic E-state index is 10.7. The van der Waals surface area contributed by atoms with Crippen LogP contribution < -0.4 is 4.57 Å². The number of aliphatic hydroxyl groups is 1. The van der Waals surface area contributed by atoms with Crippen molar-refractivity contribution in [3.05, 3.63) is 65.5 Å². The van der Waals surface area contributed by atoms with Crippen LogP contribution in [0.15, 0.2) is 48.5 Å². The zero-order valence-corrected chi connectivity index (χ0v) is 12.5. The van der Waals surface area contributed by atoms with Crippen molar-refractivity contribution in [2.75, 3.05) is 0 Å². The molecule has 3 heteroatoms. The lowest BCUT2D eigenvalue weighted by Gasteiger charge is -2.08. The summed E-state index contributed by atoms with van der Waals surface area (Å²) in [5, 5.41) is 10.7. The van der Waals surface area contributed by atoms with Crippen LogP contribution in [0.25, 0.3) is 11.0 Å². The van der Waals surface area contributed by atoms with Gasteiger partial charge in [0, 0.05) is 0 Å². The fraction of sp³-hybridized carbons (Fsp3) is 0.278. The van der Waals surface area contributed by atoms with Gasteiger partial charge >= 0.3 is 0 Å². The maximum Gasteiger partial charge on any atom is 0.289 e. The number of aromatic amines is 1. The molecule has 108 valence electrons. The molecule has 3 nitrogen and oxygen atoms in total. The monoisotopic (exact) mass is 281 g/mol. The third kappa shape index (κ3) is 2.57. The first-order chi connectivity index (χ1) is 10.2. The van der Waals surface area contributed by atoms with Crippen LogP contribution in [0.5, 0.6) is 0 Å². The molecule has 3 rings (SSSR count). The Labute approximate surface area is 124 Å². The minimum atomic E-state index is -0.635. The summed E-state index contributed by atoms with van der Waals surface area (Å²) in [5.41, 5.74) is 4.31. The lowest BCUT2D eigenvalue weighted by molar-refractivity contribution is -0.681. The molecule has 1 unspecified atom stereocenters. The third-order valence-corrected chi connectivity index (χ3v) is 3.85. The molecule has 21 heavy (non-hydrogen) atoms. The van der Waals surface area contributed by atoms with Crippen LogP contribution in [0.4, 0.5) is 0 Å². The van der Waals surface area contributed by atoms with Crippen molar-refractivity contribution < 1.29 is 9.67 Å². The van der Waals surface area contributed by atoms with Crippen molar-refractivity contribution in [2.45, 2.75) is 32.9 Å². The van der Waals surface area contributed by atoms with Gasteiger partial charge in [-0.1, -0.05) is 48.9 Å². The number of nitrogens with zero attached hydrogens (tertiary/aromatic N) is 1. The van der Waals surface area contributed by atoms with Gasteiger partial charge in [-0.2, -0.15) is 0 Å². The van der Waals surface area contributed by atoms with Gasteiger partial charge in [0.2, 0.25) is 0 Å². The standard InChI is InChI=1S/C18H20N2O/c1-3-12-20-16-7-5-4-6-15(16)19-18(20)17(21)14-10-8-13(2)9-11-14/h4-11,17,21H,3,12H2,1-2H3/p+1. The summed E-state index contributed by atoms with van der Waals surface area (Å²) in [7, 11) is 0. The molecule has 0 fully saturated rings. The Kier molecular flexibility index (Phi) is 3.76. The lowest BCUT2D eigenvalue weighted by atomic mass is 10.1. The van der Waals surface area contributed by atoms with Gasteiger partial charge in [-0.05, 0) is 31.0 Å². The van der Waals surface area contributed by atoms with E-state index in [1.54, 1.807) is 0 Å². The number of fused-ring (bicyclic) bond motifs is 1. The van der Waals surface area contributed by atoms with Crippen molar-refractivity contribution in [3.8, 4) is 0 Å². The number of rotatable bonds is 4. The molecule has 1 aromatic heterocycles. The third-order valence-electron chi connectivity index (χ3n) is 3.85. The number of benzene rings is 2. The molecule has 2 aromatic carbocycles. The number of aryl methyl sites for hydroxylation is 2. The summed E-state index contributed by atoms with van der Waals surface area (Å²) in [6.07, 6.45) is 0.393. The number of hydrogen-bond donors (Lipinski definition) is 2. The Morgan fingerprint density at radius 3 is 2.52 bits per heavy atom. The average Bonchev–Trinajstić information content (AvgIpc) is 2.87. The maximum absolute atomic E-state index is 10.7. The largest absolute Gasteiger partial charge is 0.376 e. The van der Waals surface area contributed by atoms with Gasteiger partial charge in [-0.3, -0.25) is 0 Å². The van der Waals surface area contributed by atoms with Gasteiger partial charge < -0.3 is 5.11 Å². The van der Waals surface area contributed by atoms with Crippen molar-refractivity contribution >= 4 is 11.0 Å². The minimum Gasteiger partial charge on any atom is -0.376 e. The van der Waals surface area contributed by atoms with E-state index >= 15 is 0 Å². The van der Waals surface area contributed by atoms with E-state index in [2.05, 4.69) is 29.5 Å². The van der Waals surface area contributed by atoms with Crippen LogP contribution in [0.3, 0.4) is 0 Å². The highest BCUT2D eigenvalue weighted by Crippen LogP contribution is 2.21. The molecule has 0 bridgehead atoms. The molecule has 0 saturated carbocycles. The van der Waals surface area contributed by atoms with E-state index in [1.165, 1.54) is 5.56 Å². The highest BCUT2D eigenvalue weighted by Gasteiger charge is 2.25. The summed E-state index contributed by atoms with van der Waals surface area (Å²) in [6.45, 7) is 5.09. The molecule has 0 aliphatic carbocycles. The van der Waals surface area contributed by atoms with Crippen LogP contribution >= 0.6 is 0 Å². The summed E-state index contributed by atoms with van der Waals surface area (Å²) < 4.78 is 2.18.